The minimum absolute atomic E-state index is 0.0877. The number of aromatic amines is 1. The molecule has 8 heteroatoms. The third-order valence-corrected chi connectivity index (χ3v) is 4.68. The SMILES string of the molecule is Cc1nc(-c2cccnc2)[nH]c(=O)c1CC(=O)Nc1ccc2oc(C(C)C)nc2c1. The molecular weight excluding hydrogens is 382 g/mol. The molecule has 0 aliphatic heterocycles. The van der Waals surface area contributed by atoms with Crippen LogP contribution in [0.1, 0.15) is 36.9 Å². The Hall–Kier alpha value is -3.81. The standard InChI is InChI=1S/C22H21N5O3/c1-12(2)22-26-17-9-15(6-7-18(17)30-22)25-19(28)10-16-13(3)24-20(27-21(16)29)14-5-4-8-23-11-14/h4-9,11-12H,10H2,1-3H3,(H,25,28)(H,24,27,29). The van der Waals surface area contributed by atoms with Gasteiger partial charge in [0.1, 0.15) is 11.3 Å². The fraction of sp³-hybridized carbons (Fsp3) is 0.227. The van der Waals surface area contributed by atoms with E-state index in [2.05, 4.69) is 25.3 Å². The number of carbonyl (C=O) groups is 1. The van der Waals surface area contributed by atoms with Gasteiger partial charge in [0.25, 0.3) is 5.56 Å². The average Bonchev–Trinajstić information content (AvgIpc) is 3.15. The number of oxazole rings is 1. The topological polar surface area (TPSA) is 114 Å². The van der Waals surface area contributed by atoms with E-state index in [0.29, 0.717) is 45.3 Å². The first-order valence-electron chi connectivity index (χ1n) is 9.61. The molecule has 4 aromatic rings. The minimum atomic E-state index is -0.343. The highest BCUT2D eigenvalue weighted by Gasteiger charge is 2.15. The smallest absolute Gasteiger partial charge is 0.255 e. The Morgan fingerprint density at radius 2 is 2.07 bits per heavy atom. The second kappa shape index (κ2) is 7.90. The number of amides is 1. The van der Waals surface area contributed by atoms with Crippen molar-refractivity contribution in [2.75, 3.05) is 5.32 Å². The van der Waals surface area contributed by atoms with Crippen molar-refractivity contribution in [3.8, 4) is 11.4 Å². The third kappa shape index (κ3) is 3.98. The zero-order chi connectivity index (χ0) is 21.3. The van der Waals surface area contributed by atoms with Gasteiger partial charge in [-0.2, -0.15) is 0 Å². The van der Waals surface area contributed by atoms with Gasteiger partial charge in [-0.3, -0.25) is 14.6 Å². The van der Waals surface area contributed by atoms with Crippen LogP contribution in [0.3, 0.4) is 0 Å². The van der Waals surface area contributed by atoms with Gasteiger partial charge in [0.2, 0.25) is 5.91 Å². The first-order valence-corrected chi connectivity index (χ1v) is 9.61. The lowest BCUT2D eigenvalue weighted by atomic mass is 10.1. The number of aryl methyl sites for hydroxylation is 1. The van der Waals surface area contributed by atoms with E-state index in [1.165, 1.54) is 0 Å². The normalized spacial score (nSPS) is 11.2. The molecule has 8 nitrogen and oxygen atoms in total. The zero-order valence-corrected chi connectivity index (χ0v) is 16.9. The minimum Gasteiger partial charge on any atom is -0.440 e. The maximum Gasteiger partial charge on any atom is 0.255 e. The third-order valence-electron chi connectivity index (χ3n) is 4.68. The van der Waals surface area contributed by atoms with Crippen LogP contribution >= 0.6 is 0 Å². The summed E-state index contributed by atoms with van der Waals surface area (Å²) in [5.41, 5.74) is 3.11. The molecule has 2 N–H and O–H groups in total. The Balaban J connectivity index is 1.53. The number of nitrogens with zero attached hydrogens (tertiary/aromatic N) is 3. The monoisotopic (exact) mass is 403 g/mol. The van der Waals surface area contributed by atoms with Crippen LogP contribution in [0.2, 0.25) is 0 Å². The van der Waals surface area contributed by atoms with Crippen molar-refractivity contribution >= 4 is 22.7 Å². The van der Waals surface area contributed by atoms with Gasteiger partial charge in [0.05, 0.1) is 6.42 Å². The summed E-state index contributed by atoms with van der Waals surface area (Å²) in [6, 6.07) is 8.84. The van der Waals surface area contributed by atoms with E-state index < -0.39 is 0 Å². The lowest BCUT2D eigenvalue weighted by molar-refractivity contribution is -0.115. The Bertz CT molecular complexity index is 1280. The number of benzene rings is 1. The number of pyridine rings is 1. The highest BCUT2D eigenvalue weighted by atomic mass is 16.3. The van der Waals surface area contributed by atoms with Crippen LogP contribution in [0.25, 0.3) is 22.5 Å². The molecule has 1 amide bonds. The van der Waals surface area contributed by atoms with E-state index >= 15 is 0 Å². The second-order valence-corrected chi connectivity index (χ2v) is 7.33. The van der Waals surface area contributed by atoms with Gasteiger partial charge in [-0.15, -0.1) is 0 Å². The number of aromatic nitrogens is 4. The summed E-state index contributed by atoms with van der Waals surface area (Å²) in [4.78, 5) is 40.7. The van der Waals surface area contributed by atoms with Crippen molar-refractivity contribution in [3.63, 3.8) is 0 Å². The number of nitrogens with one attached hydrogen (secondary N) is 2. The number of hydrogen-bond donors (Lipinski definition) is 2. The van der Waals surface area contributed by atoms with Crippen LogP contribution in [-0.4, -0.2) is 25.8 Å². The summed E-state index contributed by atoms with van der Waals surface area (Å²) in [6.45, 7) is 5.72. The molecule has 0 fully saturated rings. The maximum atomic E-state index is 12.5. The van der Waals surface area contributed by atoms with Crippen LogP contribution in [-0.2, 0) is 11.2 Å². The molecule has 0 unspecified atom stereocenters. The van der Waals surface area contributed by atoms with Gasteiger partial charge in [0, 0.05) is 40.8 Å². The van der Waals surface area contributed by atoms with Crippen LogP contribution < -0.4 is 10.9 Å². The Kier molecular flexibility index (Phi) is 5.14. The molecule has 0 aliphatic carbocycles. The molecule has 0 bridgehead atoms. The highest BCUT2D eigenvalue weighted by molar-refractivity contribution is 5.94. The number of fused-ring (bicyclic) bond motifs is 1. The average molecular weight is 403 g/mol. The van der Waals surface area contributed by atoms with Crippen molar-refractivity contribution in [1.29, 1.82) is 0 Å². The molecule has 30 heavy (non-hydrogen) atoms. The number of H-pyrrole nitrogens is 1. The zero-order valence-electron chi connectivity index (χ0n) is 16.9. The summed E-state index contributed by atoms with van der Waals surface area (Å²) < 4.78 is 5.68. The molecule has 3 heterocycles. The van der Waals surface area contributed by atoms with Crippen molar-refractivity contribution in [1.82, 2.24) is 19.9 Å². The van der Waals surface area contributed by atoms with Gasteiger partial charge in [-0.05, 0) is 37.3 Å². The number of carbonyl (C=O) groups excluding carboxylic acids is 1. The van der Waals surface area contributed by atoms with E-state index in [9.17, 15) is 9.59 Å². The van der Waals surface area contributed by atoms with Gasteiger partial charge in [0.15, 0.2) is 11.5 Å². The molecule has 0 spiro atoms. The molecule has 0 aliphatic rings. The number of anilines is 1. The predicted octanol–water partition coefficient (Wildman–Crippen LogP) is 3.59. The summed E-state index contributed by atoms with van der Waals surface area (Å²) in [6.07, 6.45) is 3.18. The highest BCUT2D eigenvalue weighted by Crippen LogP contribution is 2.24. The lowest BCUT2D eigenvalue weighted by Crippen LogP contribution is -2.23. The summed E-state index contributed by atoms with van der Waals surface area (Å²) in [5, 5.41) is 2.81. The molecule has 0 saturated carbocycles. The van der Waals surface area contributed by atoms with Gasteiger partial charge < -0.3 is 14.7 Å². The molecule has 152 valence electrons. The van der Waals surface area contributed by atoms with Crippen LogP contribution in [0, 0.1) is 6.92 Å². The Morgan fingerprint density at radius 1 is 1.23 bits per heavy atom. The van der Waals surface area contributed by atoms with E-state index in [-0.39, 0.29) is 23.8 Å². The van der Waals surface area contributed by atoms with Gasteiger partial charge >= 0.3 is 0 Å². The van der Waals surface area contributed by atoms with Crippen molar-refractivity contribution < 1.29 is 9.21 Å². The van der Waals surface area contributed by atoms with E-state index in [4.69, 9.17) is 4.42 Å². The molecule has 4 rings (SSSR count). The molecule has 0 saturated heterocycles. The summed E-state index contributed by atoms with van der Waals surface area (Å²) >= 11 is 0. The quantitative estimate of drug-likeness (QED) is 0.526. The molecular formula is C22H21N5O3. The van der Waals surface area contributed by atoms with Crippen LogP contribution in [0.5, 0.6) is 0 Å². The molecule has 0 atom stereocenters. The lowest BCUT2D eigenvalue weighted by Gasteiger charge is -2.08. The number of rotatable bonds is 5. The fourth-order valence-corrected chi connectivity index (χ4v) is 3.09. The first kappa shape index (κ1) is 19.5. The largest absolute Gasteiger partial charge is 0.440 e. The van der Waals surface area contributed by atoms with Crippen LogP contribution in [0.15, 0.2) is 51.9 Å². The maximum absolute atomic E-state index is 12.5. The second-order valence-electron chi connectivity index (χ2n) is 7.33. The van der Waals surface area contributed by atoms with Crippen LogP contribution in [0.4, 0.5) is 5.69 Å². The Labute approximate surface area is 172 Å². The summed E-state index contributed by atoms with van der Waals surface area (Å²) in [5.74, 6) is 0.932. The predicted molar refractivity (Wildman–Crippen MR) is 113 cm³/mol. The van der Waals surface area contributed by atoms with Gasteiger partial charge in [-0.1, -0.05) is 13.8 Å². The fourth-order valence-electron chi connectivity index (χ4n) is 3.09. The summed E-state index contributed by atoms with van der Waals surface area (Å²) in [7, 11) is 0. The van der Waals surface area contributed by atoms with E-state index in [0.717, 1.165) is 0 Å². The molecule has 1 aromatic carbocycles. The van der Waals surface area contributed by atoms with Crippen molar-refractivity contribution in [3.05, 3.63) is 70.2 Å². The Morgan fingerprint density at radius 3 is 2.77 bits per heavy atom. The first-order chi connectivity index (χ1) is 14.4. The molecule has 3 aromatic heterocycles. The molecule has 0 radical (unpaired) electrons. The van der Waals surface area contributed by atoms with Crippen molar-refractivity contribution in [2.24, 2.45) is 0 Å². The number of hydrogen-bond acceptors (Lipinski definition) is 6. The van der Waals surface area contributed by atoms with Gasteiger partial charge in [-0.25, -0.2) is 9.97 Å². The van der Waals surface area contributed by atoms with E-state index in [1.807, 2.05) is 19.9 Å². The van der Waals surface area contributed by atoms with Crippen molar-refractivity contribution in [2.45, 2.75) is 33.1 Å². The van der Waals surface area contributed by atoms with E-state index in [1.54, 1.807) is 43.6 Å².